The van der Waals surface area contributed by atoms with Crippen LogP contribution in [0.3, 0.4) is 0 Å². The van der Waals surface area contributed by atoms with Gasteiger partial charge < -0.3 is 14.0 Å². The molecule has 8 nitrogen and oxygen atoms in total. The fourth-order valence-electron chi connectivity index (χ4n) is 3.37. The largest absolute Gasteiger partial charge is 0.497 e. The van der Waals surface area contributed by atoms with Crippen LogP contribution in [-0.4, -0.2) is 44.3 Å². The molecule has 34 heavy (non-hydrogen) atoms. The number of carbonyl (C=O) groups excluding carboxylic acids is 2. The molecule has 1 amide bonds. The summed E-state index contributed by atoms with van der Waals surface area (Å²) in [6, 6.07) is 10.1. The van der Waals surface area contributed by atoms with Gasteiger partial charge in [0.05, 0.1) is 34.6 Å². The summed E-state index contributed by atoms with van der Waals surface area (Å²) >= 11 is 1.31. The van der Waals surface area contributed by atoms with E-state index in [9.17, 15) is 18.0 Å². The minimum absolute atomic E-state index is 0.0267. The first-order chi connectivity index (χ1) is 16.1. The van der Waals surface area contributed by atoms with Gasteiger partial charge in [0.1, 0.15) is 12.3 Å². The molecule has 0 unspecified atom stereocenters. The van der Waals surface area contributed by atoms with Gasteiger partial charge in [-0.05, 0) is 74.7 Å². The molecular weight excluding hydrogens is 476 g/mol. The third kappa shape index (κ3) is 6.12. The minimum atomic E-state index is -3.53. The maximum absolute atomic E-state index is 12.6. The topological polar surface area (TPSA) is 104 Å². The summed E-state index contributed by atoms with van der Waals surface area (Å²) in [5.41, 5.74) is 2.96. The van der Waals surface area contributed by atoms with Crippen molar-refractivity contribution in [2.45, 2.75) is 45.1 Å². The van der Waals surface area contributed by atoms with Crippen molar-refractivity contribution in [1.82, 2.24) is 4.57 Å². The predicted octanol–water partition coefficient (Wildman–Crippen LogP) is 3.57. The first kappa shape index (κ1) is 25.6. The molecule has 3 aromatic rings. The predicted molar refractivity (Wildman–Crippen MR) is 131 cm³/mol. The van der Waals surface area contributed by atoms with E-state index in [0.29, 0.717) is 10.6 Å². The molecular formula is C24H28N2O6S2. The van der Waals surface area contributed by atoms with Crippen molar-refractivity contribution in [1.29, 1.82) is 0 Å². The zero-order chi connectivity index (χ0) is 24.9. The summed E-state index contributed by atoms with van der Waals surface area (Å²) in [5.74, 6) is -0.464. The summed E-state index contributed by atoms with van der Waals surface area (Å²) in [4.78, 5) is 29.5. The van der Waals surface area contributed by atoms with Crippen LogP contribution in [0, 0.1) is 13.8 Å². The number of amides is 1. The van der Waals surface area contributed by atoms with E-state index in [1.807, 2.05) is 26.0 Å². The van der Waals surface area contributed by atoms with Crippen molar-refractivity contribution in [3.8, 4) is 5.75 Å². The van der Waals surface area contributed by atoms with Crippen LogP contribution in [0.15, 0.2) is 46.3 Å². The van der Waals surface area contributed by atoms with Crippen LogP contribution in [0.25, 0.3) is 10.2 Å². The maximum Gasteiger partial charge on any atom is 0.326 e. The molecule has 0 radical (unpaired) electrons. The van der Waals surface area contributed by atoms with Gasteiger partial charge in [-0.1, -0.05) is 11.3 Å². The molecule has 0 spiro atoms. The number of sulfone groups is 1. The lowest BCUT2D eigenvalue weighted by Crippen LogP contribution is -2.23. The fourth-order valence-corrected chi connectivity index (χ4v) is 5.81. The fraction of sp³-hybridized carbons (Fsp3) is 0.375. The average Bonchev–Trinajstić information content (AvgIpc) is 3.09. The van der Waals surface area contributed by atoms with Crippen LogP contribution >= 0.6 is 11.3 Å². The number of nitrogens with zero attached hydrogens (tertiary/aromatic N) is 2. The van der Waals surface area contributed by atoms with Crippen molar-refractivity contribution < 1.29 is 27.5 Å². The van der Waals surface area contributed by atoms with Gasteiger partial charge in [0.2, 0.25) is 5.91 Å². The lowest BCUT2D eigenvalue weighted by atomic mass is 10.1. The van der Waals surface area contributed by atoms with Crippen molar-refractivity contribution in [2.24, 2.45) is 4.99 Å². The Balaban J connectivity index is 1.79. The highest BCUT2D eigenvalue weighted by Gasteiger charge is 2.16. The standard InChI is InChI=1S/C24H28N2O6S2/c1-5-32-23(28)15-26-20-13-16(2)17(3)14-21(20)33-24(26)25-22(27)7-6-12-34(29,30)19-10-8-18(31-4)9-11-19/h8-11,13-14H,5-7,12,15H2,1-4H3. The Morgan fingerprint density at radius 2 is 1.76 bits per heavy atom. The number of rotatable bonds is 9. The van der Waals surface area contributed by atoms with E-state index < -0.39 is 21.7 Å². The van der Waals surface area contributed by atoms with E-state index in [2.05, 4.69) is 4.99 Å². The lowest BCUT2D eigenvalue weighted by molar-refractivity contribution is -0.143. The number of fused-ring (bicyclic) bond motifs is 1. The van der Waals surface area contributed by atoms with Crippen LogP contribution < -0.4 is 9.54 Å². The molecule has 0 saturated heterocycles. The number of hydrogen-bond acceptors (Lipinski definition) is 7. The molecule has 0 saturated carbocycles. The highest BCUT2D eigenvalue weighted by atomic mass is 32.2. The van der Waals surface area contributed by atoms with E-state index >= 15 is 0 Å². The first-order valence-electron chi connectivity index (χ1n) is 10.8. The van der Waals surface area contributed by atoms with Crippen LogP contribution in [-0.2, 0) is 30.7 Å². The van der Waals surface area contributed by atoms with Crippen molar-refractivity contribution >= 4 is 43.3 Å². The Kier molecular flexibility index (Phi) is 8.27. The maximum atomic E-state index is 12.6. The number of esters is 1. The van der Waals surface area contributed by atoms with Crippen molar-refractivity contribution in [3.63, 3.8) is 0 Å². The van der Waals surface area contributed by atoms with Gasteiger partial charge in [0, 0.05) is 6.42 Å². The summed E-state index contributed by atoms with van der Waals surface area (Å²) < 4.78 is 37.8. The molecule has 182 valence electrons. The van der Waals surface area contributed by atoms with E-state index in [0.717, 1.165) is 21.3 Å². The van der Waals surface area contributed by atoms with E-state index in [1.165, 1.54) is 30.6 Å². The van der Waals surface area contributed by atoms with Crippen LogP contribution in [0.1, 0.15) is 30.9 Å². The Bertz CT molecular complexity index is 1370. The average molecular weight is 505 g/mol. The third-order valence-corrected chi connectivity index (χ3v) is 8.19. The molecule has 0 aliphatic heterocycles. The van der Waals surface area contributed by atoms with Crippen LogP contribution in [0.2, 0.25) is 0 Å². The number of aryl methyl sites for hydroxylation is 2. The van der Waals surface area contributed by atoms with E-state index in [1.54, 1.807) is 23.6 Å². The number of hydrogen-bond donors (Lipinski definition) is 0. The zero-order valence-corrected chi connectivity index (χ0v) is 21.3. The molecule has 2 aromatic carbocycles. The molecule has 0 aliphatic carbocycles. The highest BCUT2D eigenvalue weighted by molar-refractivity contribution is 7.91. The van der Waals surface area contributed by atoms with Crippen molar-refractivity contribution in [3.05, 3.63) is 52.3 Å². The number of benzene rings is 2. The first-order valence-corrected chi connectivity index (χ1v) is 13.3. The quantitative estimate of drug-likeness (QED) is 0.413. The number of carbonyl (C=O) groups is 2. The van der Waals surface area contributed by atoms with Gasteiger partial charge in [0.15, 0.2) is 14.6 Å². The van der Waals surface area contributed by atoms with Gasteiger partial charge >= 0.3 is 5.97 Å². The van der Waals surface area contributed by atoms with Crippen molar-refractivity contribution in [2.75, 3.05) is 19.5 Å². The smallest absolute Gasteiger partial charge is 0.326 e. The number of thiazole rings is 1. The molecule has 0 aliphatic rings. The summed E-state index contributed by atoms with van der Waals surface area (Å²) in [6.07, 6.45) is 0.110. The van der Waals surface area contributed by atoms with Crippen LogP contribution in [0.4, 0.5) is 0 Å². The second-order valence-electron chi connectivity index (χ2n) is 7.78. The summed E-state index contributed by atoms with van der Waals surface area (Å²) in [5, 5.41) is 0. The van der Waals surface area contributed by atoms with Gasteiger partial charge in [-0.25, -0.2) is 8.42 Å². The van der Waals surface area contributed by atoms with E-state index in [4.69, 9.17) is 9.47 Å². The lowest BCUT2D eigenvalue weighted by Gasteiger charge is -2.07. The monoisotopic (exact) mass is 504 g/mol. The SMILES string of the molecule is CCOC(=O)Cn1c(=NC(=O)CCCS(=O)(=O)c2ccc(OC)cc2)sc2cc(C)c(C)cc21. The molecule has 0 atom stereocenters. The summed E-state index contributed by atoms with van der Waals surface area (Å²) in [7, 11) is -2.02. The summed E-state index contributed by atoms with van der Waals surface area (Å²) in [6.45, 7) is 5.90. The molecule has 1 aromatic heterocycles. The Morgan fingerprint density at radius 1 is 1.09 bits per heavy atom. The third-order valence-electron chi connectivity index (χ3n) is 5.33. The van der Waals surface area contributed by atoms with Gasteiger partial charge in [0.25, 0.3) is 0 Å². The molecule has 3 rings (SSSR count). The molecule has 0 fully saturated rings. The second-order valence-corrected chi connectivity index (χ2v) is 10.9. The zero-order valence-electron chi connectivity index (χ0n) is 19.7. The number of methoxy groups -OCH3 is 1. The van der Waals surface area contributed by atoms with Gasteiger partial charge in [-0.2, -0.15) is 4.99 Å². The number of aromatic nitrogens is 1. The Morgan fingerprint density at radius 3 is 2.41 bits per heavy atom. The molecule has 0 N–H and O–H groups in total. The molecule has 1 heterocycles. The van der Waals surface area contributed by atoms with E-state index in [-0.39, 0.29) is 36.6 Å². The van der Waals surface area contributed by atoms with Gasteiger partial charge in [-0.15, -0.1) is 0 Å². The Labute approximate surface area is 202 Å². The van der Waals surface area contributed by atoms with Crippen LogP contribution in [0.5, 0.6) is 5.75 Å². The molecule has 10 heteroatoms. The normalized spacial score (nSPS) is 12.2. The van der Waals surface area contributed by atoms with Gasteiger partial charge in [-0.3, -0.25) is 9.59 Å². The number of ether oxygens (including phenoxy) is 2. The minimum Gasteiger partial charge on any atom is -0.497 e. The molecule has 0 bridgehead atoms. The second kappa shape index (κ2) is 11.0. The highest BCUT2D eigenvalue weighted by Crippen LogP contribution is 2.22. The Hall–Kier alpha value is -2.98.